The molecule has 0 unspecified atom stereocenters. The van der Waals surface area contributed by atoms with Gasteiger partial charge in [0.1, 0.15) is 48.0 Å². The number of cyclic esters (lactones) is 1. The van der Waals surface area contributed by atoms with E-state index in [-0.39, 0.29) is 67.7 Å². The van der Waals surface area contributed by atoms with Crippen molar-refractivity contribution in [3.63, 3.8) is 0 Å². The lowest BCUT2D eigenvalue weighted by Gasteiger charge is -2.38. The molecule has 110 heavy (non-hydrogen) atoms. The monoisotopic (exact) mass is 1600 g/mol. The highest BCUT2D eigenvalue weighted by Gasteiger charge is 2.53. The van der Waals surface area contributed by atoms with Crippen LogP contribution in [0.15, 0.2) is 85.4 Å². The number of carbonyl (C=O) groups excluding carboxylic acids is 2. The molecule has 11 atom stereocenters. The van der Waals surface area contributed by atoms with Gasteiger partial charge in [0.2, 0.25) is 30.0 Å². The van der Waals surface area contributed by atoms with E-state index in [4.69, 9.17) is 109 Å². The number of ether oxygens (including phenoxy) is 9. The van der Waals surface area contributed by atoms with E-state index in [1.54, 1.807) is 44.7 Å². The lowest BCUT2D eigenvalue weighted by molar-refractivity contribution is -0.159. The second kappa shape index (κ2) is 38.7. The van der Waals surface area contributed by atoms with Crippen molar-refractivity contribution in [3.8, 4) is 45.9 Å². The molecule has 46 heteroatoms. The Balaban J connectivity index is 0.000000219. The number of anilines is 1. The molecule has 1 aliphatic carbocycles. The van der Waals surface area contributed by atoms with E-state index in [0.29, 0.717) is 65.1 Å². The van der Waals surface area contributed by atoms with Gasteiger partial charge >= 0.3 is 56.6 Å². The Morgan fingerprint density at radius 3 is 1.93 bits per heavy atom. The van der Waals surface area contributed by atoms with Crippen molar-refractivity contribution in [3.05, 3.63) is 122 Å². The second-order valence-electron chi connectivity index (χ2n) is 24.3. The minimum absolute atomic E-state index is 0.0202. The Morgan fingerprint density at radius 2 is 1.45 bits per heavy atom. The summed E-state index contributed by atoms with van der Waals surface area (Å²) in [5.74, 6) is -3.18. The van der Waals surface area contributed by atoms with Gasteiger partial charge in [-0.05, 0) is 116 Å². The van der Waals surface area contributed by atoms with E-state index >= 15 is 0 Å². The maximum atomic E-state index is 12.7. The summed E-state index contributed by atoms with van der Waals surface area (Å²) in [5.41, 5.74) is 18.6. The fraction of sp³-hybridized carbons (Fsp3) is 0.453. The van der Waals surface area contributed by atoms with Crippen LogP contribution in [-0.2, 0) is 55.1 Å². The van der Waals surface area contributed by atoms with E-state index < -0.39 is 117 Å². The zero-order valence-corrected chi connectivity index (χ0v) is 61.1. The van der Waals surface area contributed by atoms with Crippen LogP contribution in [-0.4, -0.2) is 218 Å². The number of aliphatic hydroxyl groups is 5. The Hall–Kier alpha value is -10.5. The number of alkyl halides is 3. The summed E-state index contributed by atoms with van der Waals surface area (Å²) in [6.07, 6.45) is -6.29. The molecule has 3 aromatic carbocycles. The first-order chi connectivity index (χ1) is 51.5. The molecule has 11 rings (SSSR count). The number of rotatable bonds is 21. The number of hydrogen-bond donors (Lipinski definition) is 16. The van der Waals surface area contributed by atoms with Crippen LogP contribution in [0.3, 0.4) is 0 Å². The second-order valence-corrected chi connectivity index (χ2v) is 27.4. The molecule has 19 N–H and O–H groups in total. The Bertz CT molecular complexity index is 4400. The van der Waals surface area contributed by atoms with Crippen LogP contribution in [0, 0.1) is 32.6 Å². The summed E-state index contributed by atoms with van der Waals surface area (Å²) in [6.45, 7) is 6.63. The van der Waals surface area contributed by atoms with E-state index in [1.807, 2.05) is 45.0 Å². The van der Waals surface area contributed by atoms with Gasteiger partial charge in [0, 0.05) is 43.0 Å². The molecular formula is C64H81F3N10O31P2. The standard InChI is InChI=1S/C22H22O8.C18H18F3N3O3.C12H20N4O7.C9H13N3O3.C2H5O5P.CH3O5P/c1-25-16-4-10(5-17(26-2)21(16)27-3)18-11-6-14-15(30-9-29-14)7-12(11)20(23)13-8-28-22(24)19(13)18;1-10-7-13(16-22-17(27-24-16)18(19,20)21)8-11(2)15(10)25-6-4-5-14-9-12(3)23-26-14;1-4(18)15-8-5(16-12(13)14)2-7(11(21)22)23-10(8)9(20)6(19)3-17;10-7-3-4-12(9(14)11-7)8-2-1-6(5-13)15-8;3-2(4)1-8(5,6)7;2-1(3)7(4,5)6/h4-7,13,18-20,23H,8-9H2,1-3H3;7-9H,4-6H2,1-3H3;2,5-6,8-10,17,19-20H,3H2,1H3,(H,15,18)(H,21,22)(H4,13,14,16);3-4,6,8,13H,1-2,5H2,(H2,10,11,14);1H2,(H,3,4)(H2,5,6,7);(H,2,3)(H2,4,5,6)/t13-,18+,19-,20-;;5-,6+,8+,9+,10+;6-,8+;;/m0.00../s1. The van der Waals surface area contributed by atoms with Crippen molar-refractivity contribution in [2.75, 3.05) is 66.4 Å². The van der Waals surface area contributed by atoms with Gasteiger partial charge in [-0.25, -0.2) is 23.9 Å². The molecule has 4 aliphatic heterocycles. The zero-order valence-electron chi connectivity index (χ0n) is 59.3. The number of halogens is 3. The van der Waals surface area contributed by atoms with Crippen LogP contribution in [0.25, 0.3) is 11.4 Å². The first kappa shape index (κ1) is 88.4. The van der Waals surface area contributed by atoms with Gasteiger partial charge < -0.3 is 135 Å². The molecule has 604 valence electrons. The average Bonchev–Trinajstić information content (AvgIpc) is 1.49. The molecule has 0 spiro atoms. The summed E-state index contributed by atoms with van der Waals surface area (Å²) in [7, 11) is -4.51. The fourth-order valence-corrected chi connectivity index (χ4v) is 11.9. The molecule has 41 nitrogen and oxygen atoms in total. The maximum absolute atomic E-state index is 12.7. The number of fused-ring (bicyclic) bond motifs is 3. The Morgan fingerprint density at radius 1 is 0.836 bits per heavy atom. The average molecular weight is 1610 g/mol. The quantitative estimate of drug-likeness (QED) is 0.0161. The Labute approximate surface area is 620 Å². The van der Waals surface area contributed by atoms with Crippen molar-refractivity contribution < 1.29 is 158 Å². The molecule has 2 saturated heterocycles. The minimum atomic E-state index is -4.82. The van der Waals surface area contributed by atoms with E-state index in [2.05, 4.69) is 35.1 Å². The van der Waals surface area contributed by atoms with E-state index in [1.165, 1.54) is 18.6 Å². The number of aliphatic imine (C=N–C) groups is 1. The van der Waals surface area contributed by atoms with Gasteiger partial charge in [-0.1, -0.05) is 10.3 Å². The number of nitrogens with two attached hydrogens (primary N) is 3. The normalized spacial score (nSPS) is 20.5. The zero-order chi connectivity index (χ0) is 82.0. The number of carboxylic acid groups (broad SMARTS) is 3. The van der Waals surface area contributed by atoms with Gasteiger partial charge in [0.05, 0.1) is 83.7 Å². The fourth-order valence-electron chi connectivity index (χ4n) is 11.5. The Kier molecular flexibility index (Phi) is 31.1. The number of esters is 1. The highest BCUT2D eigenvalue weighted by atomic mass is 31.2. The molecule has 2 fully saturated rings. The van der Waals surface area contributed by atoms with E-state index in [0.717, 1.165) is 52.6 Å². The third-order valence-corrected chi connectivity index (χ3v) is 17.4. The number of carboxylic acids is 2. The van der Waals surface area contributed by atoms with Crippen LogP contribution in [0.5, 0.6) is 34.5 Å². The lowest BCUT2D eigenvalue weighted by Crippen LogP contribution is -2.59. The number of aliphatic carboxylic acids is 2. The number of nitrogens with zero attached hydrogens (tertiary/aromatic N) is 6. The van der Waals surface area contributed by atoms with Gasteiger partial charge in [0.15, 0.2) is 29.0 Å². The number of carbonyl (C=O) groups is 5. The van der Waals surface area contributed by atoms with Gasteiger partial charge in [-0.3, -0.25) is 23.5 Å². The SMILES string of the molecule is CC(=O)N[C@H]1[C@H]([C@H](O)[C@H](O)CO)OC(C(=O)O)=C[C@@H]1N=C(N)N.COc1cc([C@@H]2c3cc4c(cc3[C@H](O)[C@H]3COC(=O)[C@H]23)OCO4)cc(OC)c1OC.Cc1cc(CCCOc2c(C)cc(-c3noc(C(F)(F)F)n3)cc2C)on1.Nc1ccn([C@H]2CC[C@@H](CO)O2)c(=O)n1.O=C(O)CP(=O)(O)O.O=C(O)P(=O)(O)O. The molecule has 3 aromatic heterocycles. The number of hydrogen-bond acceptors (Lipinski definition) is 30. The van der Waals surface area contributed by atoms with Gasteiger partial charge in [-0.15, -0.1) is 0 Å². The highest BCUT2D eigenvalue weighted by Crippen LogP contribution is 2.56. The van der Waals surface area contributed by atoms with E-state index in [9.17, 15) is 66.4 Å². The highest BCUT2D eigenvalue weighted by molar-refractivity contribution is 7.69. The van der Waals surface area contributed by atoms with Crippen molar-refractivity contribution in [1.29, 1.82) is 0 Å². The molecule has 7 heterocycles. The number of aromatic nitrogens is 5. The third-order valence-electron chi connectivity index (χ3n) is 16.2. The molecule has 5 aliphatic rings. The first-order valence-corrected chi connectivity index (χ1v) is 35.7. The number of benzene rings is 3. The predicted molar refractivity (Wildman–Crippen MR) is 367 cm³/mol. The van der Waals surface area contributed by atoms with Crippen LogP contribution in [0.2, 0.25) is 0 Å². The number of amides is 1. The minimum Gasteiger partial charge on any atom is -0.493 e. The summed E-state index contributed by atoms with van der Waals surface area (Å²) in [5, 5.41) is 82.5. The van der Waals surface area contributed by atoms with Crippen molar-refractivity contribution in [2.45, 2.75) is 114 Å². The summed E-state index contributed by atoms with van der Waals surface area (Å²) in [6, 6.07) is 12.0. The first-order valence-electron chi connectivity index (χ1n) is 32.3. The predicted octanol–water partition coefficient (Wildman–Crippen LogP) is 1.89. The molecule has 1 amide bonds. The molecule has 0 radical (unpaired) electrons. The number of nitrogen functional groups attached to an aromatic ring is 1. The van der Waals surface area contributed by atoms with Crippen LogP contribution in [0.4, 0.5) is 23.8 Å². The van der Waals surface area contributed by atoms with Crippen LogP contribution >= 0.6 is 15.2 Å². The van der Waals surface area contributed by atoms with Crippen molar-refractivity contribution in [2.24, 2.45) is 28.3 Å². The van der Waals surface area contributed by atoms with Crippen LogP contribution < -0.4 is 56.6 Å². The topological polar surface area (TPSA) is 648 Å². The molecule has 0 saturated carbocycles. The third kappa shape index (κ3) is 24.0. The molecular weight excluding hydrogens is 1520 g/mol. The number of guanidine groups is 1. The summed E-state index contributed by atoms with van der Waals surface area (Å²) < 4.78 is 117. The summed E-state index contributed by atoms with van der Waals surface area (Å²) in [4.78, 5) is 107. The van der Waals surface area contributed by atoms with Crippen molar-refractivity contribution in [1.82, 2.24) is 30.2 Å². The maximum Gasteiger partial charge on any atom is 0.471 e. The number of aryl methyl sites for hydroxylation is 4. The lowest BCUT2D eigenvalue weighted by atomic mass is 9.66. The number of methoxy groups -OCH3 is 3. The molecule has 0 bridgehead atoms. The van der Waals surface area contributed by atoms with Gasteiger partial charge in [-0.2, -0.15) is 23.1 Å². The summed E-state index contributed by atoms with van der Waals surface area (Å²) >= 11 is 0. The van der Waals surface area contributed by atoms with Crippen LogP contribution in [0.1, 0.15) is 89.6 Å². The number of nitrogens with one attached hydrogen (secondary N) is 1. The van der Waals surface area contributed by atoms with Gasteiger partial charge in [0.25, 0.3) is 0 Å². The smallest absolute Gasteiger partial charge is 0.471 e. The van der Waals surface area contributed by atoms with Crippen molar-refractivity contribution >= 4 is 56.5 Å². The molecule has 6 aromatic rings. The number of aliphatic hydroxyl groups excluding tert-OH is 5. The largest absolute Gasteiger partial charge is 0.493 e.